The Morgan fingerprint density at radius 1 is 0.457 bits per heavy atom. The van der Waals surface area contributed by atoms with Crippen LogP contribution in [0, 0.1) is 41.4 Å². The number of likely N-dealkylation sites (N-methyl/N-ethyl adjacent to an activating group) is 7. The van der Waals surface area contributed by atoms with Crippen molar-refractivity contribution >= 4 is 76.7 Å². The summed E-state index contributed by atoms with van der Waals surface area (Å²) in [6, 6.07) is -12.8. The highest BCUT2D eigenvalue weighted by atomic mass is 32.2. The van der Waals surface area contributed by atoms with Crippen LogP contribution in [0.3, 0.4) is 0 Å². The van der Waals surface area contributed by atoms with Gasteiger partial charge in [-0.05, 0) is 107 Å². The fourth-order valence-electron chi connectivity index (χ4n) is 11.7. The number of allylic oxidation sites excluding steroid dienone is 2. The molecule has 0 aliphatic carbocycles. The van der Waals surface area contributed by atoms with Crippen molar-refractivity contribution in [1.82, 2.24) is 55.1 Å². The van der Waals surface area contributed by atoms with Crippen LogP contribution in [0.2, 0.25) is 0 Å². The van der Waals surface area contributed by atoms with Crippen molar-refractivity contribution in [2.75, 3.05) is 68.7 Å². The molecule has 1 aliphatic heterocycles. The van der Waals surface area contributed by atoms with Crippen molar-refractivity contribution in [2.24, 2.45) is 41.4 Å². The average Bonchev–Trinajstić information content (AvgIpc) is 0.813. The minimum Gasteiger partial charge on any atom is -0.392 e. The third-order valence-corrected chi connectivity index (χ3v) is 18.2. The molecule has 11 amide bonds. The van der Waals surface area contributed by atoms with E-state index in [9.17, 15) is 29.4 Å². The molecule has 0 radical (unpaired) electrons. The van der Waals surface area contributed by atoms with Gasteiger partial charge in [-0.1, -0.05) is 121 Å². The topological polar surface area (TPSA) is 290 Å². The number of carbonyl (C=O) groups is 11. The zero-order valence-electron chi connectivity index (χ0n) is 60.3. The first-order valence-electron chi connectivity index (χ1n) is 32.8. The number of hydrogen-bond acceptors (Lipinski definition) is 14. The first kappa shape index (κ1) is 83.9. The van der Waals surface area contributed by atoms with Gasteiger partial charge in [-0.2, -0.15) is 0 Å². The zero-order chi connectivity index (χ0) is 71.3. The maximum absolute atomic E-state index is 15.5. The van der Waals surface area contributed by atoms with Crippen LogP contribution in [0.1, 0.15) is 156 Å². The van der Waals surface area contributed by atoms with Crippen LogP contribution >= 0.6 is 11.8 Å². The SMILES string of the molecule is C/C=C/C[C@@H](C)[C@@H](O)[C@H]1C(=O)N[C@@H](CC)C(=O)N(C)C(SC)C(=O)N(C)[C@@H](CC(C)C)C(=O)N(C/C=C/CO)[C@@H](C(C)C)C(=O)N(C)[C@@H](CC(C)C)C(=O)N[C@@H](C)C(=O)N[C@H](C)C(=O)N(C)[C@@H](CC(C)C)C(=O)N(C)[C@@H](CC(C)C)C(=O)N(C)[C@@H](C(C)C)C(=O)N1C. The van der Waals surface area contributed by atoms with Crippen LogP contribution in [0.5, 0.6) is 0 Å². The van der Waals surface area contributed by atoms with Gasteiger partial charge in [0.05, 0.1) is 12.7 Å². The first-order valence-corrected chi connectivity index (χ1v) is 34.1. The third kappa shape index (κ3) is 22.8. The number of hydrogen-bond donors (Lipinski definition) is 5. The van der Waals surface area contributed by atoms with Gasteiger partial charge in [0.2, 0.25) is 59.1 Å². The summed E-state index contributed by atoms with van der Waals surface area (Å²) >= 11 is 1.00. The number of carbonyl (C=O) groups excluding carboxylic acids is 11. The zero-order valence-corrected chi connectivity index (χ0v) is 61.1. The van der Waals surface area contributed by atoms with Gasteiger partial charge in [-0.25, -0.2) is 0 Å². The summed E-state index contributed by atoms with van der Waals surface area (Å²) in [4.78, 5) is 174. The number of aliphatic hydroxyl groups is 2. The van der Waals surface area contributed by atoms with Crippen molar-refractivity contribution in [3.05, 3.63) is 24.3 Å². The molecule has 1 fully saturated rings. The standard InChI is InChI=1S/C67H119N11O13S/c1-26-28-31-44(15)55(80)54-58(83)70-47(27-2)60(85)77(24)67(92-25)66(91)74(21)51(37-41(9)10)63(88)78(32-29-30-33-79)53(43(13)14)65(90)71(18)48(34-38(3)4)57(82)68-45(16)56(81)69-46(17)59(84)72(19)49(35-39(5)6)61(86)73(20)50(36-40(7)8)62(87)75(22)52(42(11)12)64(89)76(54)23/h26,28-30,38-55,67,79-80H,27,31-37H2,1-25H3,(H,68,82)(H,69,81)(H,70,83)/b28-26+,30-29+/t44-,45+,46-,47+,48+,49+,50+,51+,52+,53+,54+,55-,67?/m1/s1. The second-order valence-corrected chi connectivity index (χ2v) is 28.4. The van der Waals surface area contributed by atoms with Crippen molar-refractivity contribution in [1.29, 1.82) is 0 Å². The molecule has 526 valence electrons. The molecular weight excluding hydrogens is 1200 g/mol. The molecule has 0 aromatic rings. The van der Waals surface area contributed by atoms with Gasteiger partial charge in [-0.15, -0.1) is 11.8 Å². The predicted molar refractivity (Wildman–Crippen MR) is 361 cm³/mol. The van der Waals surface area contributed by atoms with Crippen molar-refractivity contribution in [3.63, 3.8) is 0 Å². The second-order valence-electron chi connectivity index (χ2n) is 27.5. The molecule has 1 aliphatic rings. The van der Waals surface area contributed by atoms with Crippen LogP contribution in [-0.2, 0) is 52.7 Å². The number of nitrogens with zero attached hydrogens (tertiary/aromatic N) is 8. The molecule has 0 bridgehead atoms. The number of aliphatic hydroxyl groups excluding tert-OH is 2. The maximum Gasteiger partial charge on any atom is 0.256 e. The Labute approximate surface area is 555 Å². The Balaban J connectivity index is 4.59. The molecule has 1 saturated heterocycles. The van der Waals surface area contributed by atoms with Crippen molar-refractivity contribution in [2.45, 2.75) is 228 Å². The van der Waals surface area contributed by atoms with E-state index in [2.05, 4.69) is 16.0 Å². The highest BCUT2D eigenvalue weighted by Gasteiger charge is 2.47. The van der Waals surface area contributed by atoms with E-state index in [4.69, 9.17) is 0 Å². The van der Waals surface area contributed by atoms with Crippen LogP contribution in [0.25, 0.3) is 0 Å². The number of amides is 11. The fourth-order valence-corrected chi connectivity index (χ4v) is 12.5. The lowest BCUT2D eigenvalue weighted by Crippen LogP contribution is -2.64. The van der Waals surface area contributed by atoms with E-state index in [1.807, 2.05) is 55.4 Å². The van der Waals surface area contributed by atoms with Crippen LogP contribution < -0.4 is 16.0 Å². The largest absolute Gasteiger partial charge is 0.392 e. The van der Waals surface area contributed by atoms with E-state index < -0.39 is 161 Å². The quantitative estimate of drug-likeness (QED) is 0.113. The molecule has 1 rings (SSSR count). The van der Waals surface area contributed by atoms with E-state index in [0.29, 0.717) is 6.42 Å². The summed E-state index contributed by atoms with van der Waals surface area (Å²) in [6.45, 7) is 29.3. The lowest BCUT2D eigenvalue weighted by atomic mass is 9.91. The third-order valence-electron chi connectivity index (χ3n) is 17.2. The molecule has 5 N–H and O–H groups in total. The molecule has 0 spiro atoms. The maximum atomic E-state index is 15.5. The number of rotatable bonds is 19. The van der Waals surface area contributed by atoms with Gasteiger partial charge in [0, 0.05) is 55.9 Å². The molecule has 24 nitrogen and oxygen atoms in total. The minimum absolute atomic E-state index is 0.0114. The first-order chi connectivity index (χ1) is 42.6. The summed E-state index contributed by atoms with van der Waals surface area (Å²) in [6.07, 6.45) is 7.38. The normalized spacial score (nSPS) is 26.8. The molecule has 0 saturated carbocycles. The average molecular weight is 1320 g/mol. The van der Waals surface area contributed by atoms with E-state index in [1.54, 1.807) is 66.9 Å². The smallest absolute Gasteiger partial charge is 0.256 e. The molecule has 1 heterocycles. The Morgan fingerprint density at radius 2 is 0.870 bits per heavy atom. The second kappa shape index (κ2) is 38.9. The molecule has 0 aromatic heterocycles. The summed E-state index contributed by atoms with van der Waals surface area (Å²) in [5, 5.41) is 29.0. The summed E-state index contributed by atoms with van der Waals surface area (Å²) < 4.78 is 0. The van der Waals surface area contributed by atoms with E-state index >= 15 is 33.6 Å². The Bertz CT molecular complexity index is 2550. The predicted octanol–water partition coefficient (Wildman–Crippen LogP) is 4.22. The lowest BCUT2D eigenvalue weighted by Gasteiger charge is -2.42. The van der Waals surface area contributed by atoms with E-state index in [-0.39, 0.29) is 62.3 Å². The monoisotopic (exact) mass is 1320 g/mol. The van der Waals surface area contributed by atoms with Gasteiger partial charge in [0.15, 0.2) is 5.37 Å². The van der Waals surface area contributed by atoms with Crippen molar-refractivity contribution < 1.29 is 63.0 Å². The highest BCUT2D eigenvalue weighted by molar-refractivity contribution is 7.99. The molecule has 25 heteroatoms. The van der Waals surface area contributed by atoms with Crippen molar-refractivity contribution in [3.8, 4) is 0 Å². The minimum atomic E-state index is -1.64. The van der Waals surface area contributed by atoms with E-state index in [0.717, 1.165) is 16.7 Å². The molecule has 92 heavy (non-hydrogen) atoms. The Kier molecular flexibility index (Phi) is 35.5. The molecule has 13 atom stereocenters. The highest BCUT2D eigenvalue weighted by Crippen LogP contribution is 2.28. The van der Waals surface area contributed by atoms with E-state index in [1.165, 1.54) is 110 Å². The van der Waals surface area contributed by atoms with Crippen LogP contribution in [-0.4, -0.2) is 255 Å². The molecule has 0 aromatic carbocycles. The summed E-state index contributed by atoms with van der Waals surface area (Å²) in [5.74, 6) is -10.2. The Morgan fingerprint density at radius 3 is 1.32 bits per heavy atom. The number of nitrogens with one attached hydrogen (secondary N) is 3. The van der Waals surface area contributed by atoms with Gasteiger partial charge in [-0.3, -0.25) is 52.7 Å². The van der Waals surface area contributed by atoms with Gasteiger partial charge >= 0.3 is 0 Å². The summed E-state index contributed by atoms with van der Waals surface area (Å²) in [5.41, 5.74) is 0. The lowest BCUT2D eigenvalue weighted by molar-refractivity contribution is -0.157. The van der Waals surface area contributed by atoms with Crippen LogP contribution in [0.4, 0.5) is 0 Å². The van der Waals surface area contributed by atoms with Gasteiger partial charge in [0.25, 0.3) is 5.91 Å². The molecule has 1 unspecified atom stereocenters. The number of thioether (sulfide) groups is 1. The van der Waals surface area contributed by atoms with Gasteiger partial charge in [0.1, 0.15) is 60.4 Å². The van der Waals surface area contributed by atoms with Crippen LogP contribution in [0.15, 0.2) is 24.3 Å². The fraction of sp³-hybridized carbons (Fsp3) is 0.776. The Hall–Kier alpha value is -6.08. The van der Waals surface area contributed by atoms with Gasteiger partial charge < -0.3 is 65.4 Å². The molecular formula is C67H119N11O13S. The summed E-state index contributed by atoms with van der Waals surface area (Å²) in [7, 11) is 9.95.